The summed E-state index contributed by atoms with van der Waals surface area (Å²) in [5.74, 6) is 0.156. The van der Waals surface area contributed by atoms with E-state index in [0.29, 0.717) is 18.6 Å². The Morgan fingerprint density at radius 3 is 2.88 bits per heavy atom. The third kappa shape index (κ3) is 3.46. The number of likely N-dealkylation sites (tertiary alicyclic amines) is 1. The van der Waals surface area contributed by atoms with E-state index in [0.717, 1.165) is 25.9 Å². The fourth-order valence-corrected chi connectivity index (χ4v) is 2.40. The van der Waals surface area contributed by atoms with Gasteiger partial charge in [-0.25, -0.2) is 0 Å². The van der Waals surface area contributed by atoms with Gasteiger partial charge in [0.25, 0.3) is 0 Å². The van der Waals surface area contributed by atoms with E-state index >= 15 is 0 Å². The van der Waals surface area contributed by atoms with Crippen LogP contribution in [0, 0.1) is 0 Å². The smallest absolute Gasteiger partial charge is 0.234 e. The zero-order valence-corrected chi connectivity index (χ0v) is 10.2. The highest BCUT2D eigenvalue weighted by Crippen LogP contribution is 2.18. The van der Waals surface area contributed by atoms with Crippen molar-refractivity contribution in [1.82, 2.24) is 15.5 Å². The molecule has 0 radical (unpaired) electrons. The maximum Gasteiger partial charge on any atom is 0.234 e. The second-order valence-electron chi connectivity index (χ2n) is 4.90. The van der Waals surface area contributed by atoms with Crippen LogP contribution in [0.2, 0.25) is 0 Å². The van der Waals surface area contributed by atoms with Crippen molar-refractivity contribution in [2.24, 2.45) is 0 Å². The Morgan fingerprint density at radius 2 is 2.19 bits per heavy atom. The molecule has 0 spiro atoms. The summed E-state index contributed by atoms with van der Waals surface area (Å²) in [7, 11) is 0. The van der Waals surface area contributed by atoms with Gasteiger partial charge in [0.05, 0.1) is 6.54 Å². The summed E-state index contributed by atoms with van der Waals surface area (Å²) in [6, 6.07) is 1.12. The summed E-state index contributed by atoms with van der Waals surface area (Å²) in [5.41, 5.74) is 0. The number of carbonyl (C=O) groups excluding carboxylic acids is 1. The second kappa shape index (κ2) is 5.64. The largest absolute Gasteiger partial charge is 0.352 e. The van der Waals surface area contributed by atoms with Gasteiger partial charge in [0, 0.05) is 18.6 Å². The lowest BCUT2D eigenvalue weighted by Gasteiger charge is -2.22. The monoisotopic (exact) mass is 225 g/mol. The van der Waals surface area contributed by atoms with E-state index in [1.54, 1.807) is 0 Å². The molecule has 1 saturated carbocycles. The number of nitrogens with one attached hydrogen (secondary N) is 2. The van der Waals surface area contributed by atoms with Crippen LogP contribution in [0.25, 0.3) is 0 Å². The molecule has 1 unspecified atom stereocenters. The summed E-state index contributed by atoms with van der Waals surface area (Å²) in [4.78, 5) is 13.9. The van der Waals surface area contributed by atoms with Crippen molar-refractivity contribution in [3.05, 3.63) is 0 Å². The summed E-state index contributed by atoms with van der Waals surface area (Å²) in [5, 5.41) is 6.26. The van der Waals surface area contributed by atoms with Gasteiger partial charge >= 0.3 is 0 Å². The van der Waals surface area contributed by atoms with Crippen LogP contribution < -0.4 is 10.6 Å². The molecule has 4 heteroatoms. The second-order valence-corrected chi connectivity index (χ2v) is 4.90. The van der Waals surface area contributed by atoms with Gasteiger partial charge in [-0.3, -0.25) is 9.69 Å². The Bertz CT molecular complexity index is 240. The minimum Gasteiger partial charge on any atom is -0.352 e. The molecular weight excluding hydrogens is 202 g/mol. The molecule has 0 aromatic rings. The lowest BCUT2D eigenvalue weighted by Crippen LogP contribution is -2.42. The van der Waals surface area contributed by atoms with Crippen LogP contribution in [0.3, 0.4) is 0 Å². The predicted octanol–water partition coefficient (Wildman–Crippen LogP) is 0.339. The van der Waals surface area contributed by atoms with Gasteiger partial charge in [-0.2, -0.15) is 0 Å². The van der Waals surface area contributed by atoms with E-state index in [1.807, 2.05) is 0 Å². The molecule has 92 valence electrons. The molecule has 1 atom stereocenters. The molecular formula is C12H23N3O. The minimum atomic E-state index is 0.156. The van der Waals surface area contributed by atoms with Crippen molar-refractivity contribution in [3.8, 4) is 0 Å². The molecule has 1 saturated heterocycles. The molecule has 1 aliphatic heterocycles. The summed E-state index contributed by atoms with van der Waals surface area (Å²) in [6.45, 7) is 5.98. The van der Waals surface area contributed by atoms with Crippen LogP contribution in [0.5, 0.6) is 0 Å². The number of nitrogens with zero attached hydrogens (tertiary/aromatic N) is 1. The third-order valence-corrected chi connectivity index (χ3v) is 3.51. The lowest BCUT2D eigenvalue weighted by molar-refractivity contribution is -0.120. The van der Waals surface area contributed by atoms with Crippen LogP contribution in [-0.2, 0) is 4.79 Å². The quantitative estimate of drug-likeness (QED) is 0.685. The summed E-state index contributed by atoms with van der Waals surface area (Å²) >= 11 is 0. The molecule has 2 rings (SSSR count). The van der Waals surface area contributed by atoms with Crippen LogP contribution in [0.15, 0.2) is 0 Å². The van der Waals surface area contributed by atoms with E-state index in [4.69, 9.17) is 0 Å². The Kier molecular flexibility index (Phi) is 4.18. The third-order valence-electron chi connectivity index (χ3n) is 3.51. The van der Waals surface area contributed by atoms with Crippen LogP contribution in [0.4, 0.5) is 0 Å². The van der Waals surface area contributed by atoms with Gasteiger partial charge in [-0.05, 0) is 38.8 Å². The Balaban J connectivity index is 1.57. The van der Waals surface area contributed by atoms with Crippen molar-refractivity contribution >= 4 is 5.91 Å². The average molecular weight is 225 g/mol. The first-order valence-corrected chi connectivity index (χ1v) is 6.53. The van der Waals surface area contributed by atoms with E-state index < -0.39 is 0 Å². The maximum absolute atomic E-state index is 11.4. The highest BCUT2D eigenvalue weighted by Gasteiger charge is 2.24. The molecule has 0 bridgehead atoms. The fourth-order valence-electron chi connectivity index (χ4n) is 2.40. The van der Waals surface area contributed by atoms with Crippen LogP contribution in [0.1, 0.15) is 32.6 Å². The van der Waals surface area contributed by atoms with Gasteiger partial charge in [0.1, 0.15) is 0 Å². The van der Waals surface area contributed by atoms with Crippen molar-refractivity contribution in [2.45, 2.75) is 44.7 Å². The first-order chi connectivity index (χ1) is 7.79. The highest BCUT2D eigenvalue weighted by molar-refractivity contribution is 5.78. The predicted molar refractivity (Wildman–Crippen MR) is 64.3 cm³/mol. The number of carbonyl (C=O) groups is 1. The van der Waals surface area contributed by atoms with E-state index in [9.17, 15) is 4.79 Å². The Labute approximate surface area is 97.8 Å². The zero-order valence-electron chi connectivity index (χ0n) is 10.2. The molecule has 2 fully saturated rings. The molecule has 0 aromatic carbocycles. The molecule has 0 aromatic heterocycles. The summed E-state index contributed by atoms with van der Waals surface area (Å²) < 4.78 is 0. The zero-order chi connectivity index (χ0) is 11.4. The molecule has 2 aliphatic rings. The van der Waals surface area contributed by atoms with Gasteiger partial charge in [-0.1, -0.05) is 6.92 Å². The van der Waals surface area contributed by atoms with Crippen molar-refractivity contribution in [1.29, 1.82) is 0 Å². The number of likely N-dealkylation sites (N-methyl/N-ethyl adjacent to an activating group) is 1. The van der Waals surface area contributed by atoms with Crippen LogP contribution >= 0.6 is 0 Å². The molecule has 16 heavy (non-hydrogen) atoms. The normalized spacial score (nSPS) is 25.9. The van der Waals surface area contributed by atoms with Crippen molar-refractivity contribution in [3.63, 3.8) is 0 Å². The van der Waals surface area contributed by atoms with E-state index in [1.165, 1.54) is 19.4 Å². The SMILES string of the molecule is CCN1CCCC1CNCC(=O)NC1CC1. The van der Waals surface area contributed by atoms with E-state index in [2.05, 4.69) is 22.5 Å². The number of amides is 1. The van der Waals surface area contributed by atoms with Crippen molar-refractivity contribution in [2.75, 3.05) is 26.2 Å². The number of hydrogen-bond donors (Lipinski definition) is 2. The molecule has 4 nitrogen and oxygen atoms in total. The Morgan fingerprint density at radius 1 is 1.38 bits per heavy atom. The maximum atomic E-state index is 11.4. The van der Waals surface area contributed by atoms with Crippen LogP contribution in [-0.4, -0.2) is 49.1 Å². The van der Waals surface area contributed by atoms with Gasteiger partial charge in [0.2, 0.25) is 5.91 Å². The molecule has 1 heterocycles. The first kappa shape index (κ1) is 11.9. The highest BCUT2D eigenvalue weighted by atomic mass is 16.2. The number of rotatable bonds is 6. The van der Waals surface area contributed by atoms with E-state index in [-0.39, 0.29) is 5.91 Å². The first-order valence-electron chi connectivity index (χ1n) is 6.53. The minimum absolute atomic E-state index is 0.156. The average Bonchev–Trinajstić information content (AvgIpc) is 2.96. The molecule has 2 N–H and O–H groups in total. The molecule has 1 amide bonds. The van der Waals surface area contributed by atoms with Gasteiger partial charge in [0.15, 0.2) is 0 Å². The van der Waals surface area contributed by atoms with Gasteiger partial charge < -0.3 is 10.6 Å². The van der Waals surface area contributed by atoms with Crippen molar-refractivity contribution < 1.29 is 4.79 Å². The molecule has 1 aliphatic carbocycles. The number of hydrogen-bond acceptors (Lipinski definition) is 3. The fraction of sp³-hybridized carbons (Fsp3) is 0.917. The summed E-state index contributed by atoms with van der Waals surface area (Å²) in [6.07, 6.45) is 4.90. The Hall–Kier alpha value is -0.610. The van der Waals surface area contributed by atoms with Gasteiger partial charge in [-0.15, -0.1) is 0 Å². The lowest BCUT2D eigenvalue weighted by atomic mass is 10.2. The topological polar surface area (TPSA) is 44.4 Å². The standard InChI is InChI=1S/C12H23N3O/c1-2-15-7-3-4-11(15)8-13-9-12(16)14-10-5-6-10/h10-11,13H,2-9H2,1H3,(H,14,16).